The average molecular weight is 355 g/mol. The molecule has 0 aliphatic heterocycles. The van der Waals surface area contributed by atoms with Gasteiger partial charge in [0, 0.05) is 5.69 Å². The van der Waals surface area contributed by atoms with E-state index < -0.39 is 17.6 Å². The lowest BCUT2D eigenvalue weighted by Crippen LogP contribution is -2.24. The fraction of sp³-hybridized carbons (Fsp3) is 0.250. The van der Waals surface area contributed by atoms with E-state index in [1.165, 1.54) is 36.0 Å². The van der Waals surface area contributed by atoms with Gasteiger partial charge in [0.05, 0.1) is 6.21 Å². The van der Waals surface area contributed by atoms with Crippen LogP contribution in [0.4, 0.5) is 10.1 Å². The number of amides is 2. The van der Waals surface area contributed by atoms with Crippen LogP contribution in [0.2, 0.25) is 0 Å². The SMILES string of the molecule is CC(C)(C)c1ccc(C=NNC(=O)CC(=O)Nc2ccc(F)cc2)cc1. The maximum Gasteiger partial charge on any atom is 0.249 e. The van der Waals surface area contributed by atoms with Crippen molar-refractivity contribution in [1.82, 2.24) is 5.43 Å². The van der Waals surface area contributed by atoms with Gasteiger partial charge in [-0.15, -0.1) is 0 Å². The molecule has 0 saturated heterocycles. The third kappa shape index (κ3) is 6.12. The van der Waals surface area contributed by atoms with Crippen LogP contribution in [0.15, 0.2) is 53.6 Å². The van der Waals surface area contributed by atoms with Crippen LogP contribution in [0.25, 0.3) is 0 Å². The minimum absolute atomic E-state index is 0.0712. The highest BCUT2D eigenvalue weighted by Gasteiger charge is 2.12. The molecule has 0 aliphatic carbocycles. The molecule has 0 saturated carbocycles. The van der Waals surface area contributed by atoms with E-state index >= 15 is 0 Å². The summed E-state index contributed by atoms with van der Waals surface area (Å²) in [5.74, 6) is -1.43. The van der Waals surface area contributed by atoms with Crippen LogP contribution in [0, 0.1) is 5.82 Å². The second-order valence-corrected chi connectivity index (χ2v) is 6.90. The Bertz CT molecular complexity index is 791. The summed E-state index contributed by atoms with van der Waals surface area (Å²) >= 11 is 0. The molecule has 2 rings (SSSR count). The lowest BCUT2D eigenvalue weighted by molar-refractivity contribution is -0.126. The molecule has 6 heteroatoms. The van der Waals surface area contributed by atoms with Gasteiger partial charge in [-0.25, -0.2) is 9.82 Å². The van der Waals surface area contributed by atoms with E-state index in [1.807, 2.05) is 24.3 Å². The van der Waals surface area contributed by atoms with Gasteiger partial charge in [0.2, 0.25) is 11.8 Å². The van der Waals surface area contributed by atoms with E-state index in [9.17, 15) is 14.0 Å². The third-order valence-electron chi connectivity index (χ3n) is 3.63. The molecule has 5 nitrogen and oxygen atoms in total. The van der Waals surface area contributed by atoms with E-state index in [0.29, 0.717) is 5.69 Å². The smallest absolute Gasteiger partial charge is 0.249 e. The van der Waals surface area contributed by atoms with Crippen LogP contribution in [0.5, 0.6) is 0 Å². The Morgan fingerprint density at radius 3 is 2.19 bits per heavy atom. The van der Waals surface area contributed by atoms with Crippen LogP contribution in [-0.2, 0) is 15.0 Å². The Balaban J connectivity index is 1.81. The van der Waals surface area contributed by atoms with Crippen LogP contribution in [0.3, 0.4) is 0 Å². The lowest BCUT2D eigenvalue weighted by Gasteiger charge is -2.18. The zero-order valence-corrected chi connectivity index (χ0v) is 15.0. The molecule has 0 atom stereocenters. The number of nitrogens with one attached hydrogen (secondary N) is 2. The molecule has 2 N–H and O–H groups in total. The number of hydrogen-bond acceptors (Lipinski definition) is 3. The number of halogens is 1. The van der Waals surface area contributed by atoms with Gasteiger partial charge in [-0.2, -0.15) is 5.10 Å². The topological polar surface area (TPSA) is 70.6 Å². The molecule has 2 amide bonds. The molecule has 0 fully saturated rings. The summed E-state index contributed by atoms with van der Waals surface area (Å²) < 4.78 is 12.8. The van der Waals surface area contributed by atoms with Crippen molar-refractivity contribution in [2.45, 2.75) is 32.6 Å². The first-order chi connectivity index (χ1) is 12.2. The van der Waals surface area contributed by atoms with E-state index in [2.05, 4.69) is 36.6 Å². The van der Waals surface area contributed by atoms with Crippen molar-refractivity contribution in [2.75, 3.05) is 5.32 Å². The fourth-order valence-corrected chi connectivity index (χ4v) is 2.17. The summed E-state index contributed by atoms with van der Waals surface area (Å²) in [6.07, 6.45) is 1.14. The van der Waals surface area contributed by atoms with Gasteiger partial charge in [-0.05, 0) is 40.8 Å². The molecule has 2 aromatic rings. The summed E-state index contributed by atoms with van der Waals surface area (Å²) in [6, 6.07) is 13.2. The van der Waals surface area contributed by atoms with E-state index in [0.717, 1.165) is 5.56 Å². The van der Waals surface area contributed by atoms with Crippen LogP contribution in [-0.4, -0.2) is 18.0 Å². The molecule has 0 radical (unpaired) electrons. The predicted molar refractivity (Wildman–Crippen MR) is 101 cm³/mol. The second kappa shape index (κ2) is 8.38. The number of hydrazone groups is 1. The molecular formula is C20H22FN3O2. The molecule has 26 heavy (non-hydrogen) atoms. The molecule has 2 aromatic carbocycles. The first-order valence-electron chi connectivity index (χ1n) is 8.22. The minimum Gasteiger partial charge on any atom is -0.326 e. The van der Waals surface area contributed by atoms with Crippen molar-refractivity contribution < 1.29 is 14.0 Å². The Morgan fingerprint density at radius 2 is 1.62 bits per heavy atom. The highest BCUT2D eigenvalue weighted by atomic mass is 19.1. The second-order valence-electron chi connectivity index (χ2n) is 6.90. The summed E-state index contributed by atoms with van der Waals surface area (Å²) in [5, 5.41) is 6.36. The Hall–Kier alpha value is -3.02. The molecule has 0 spiro atoms. The zero-order chi connectivity index (χ0) is 19.2. The van der Waals surface area contributed by atoms with Crippen LogP contribution < -0.4 is 10.7 Å². The molecular weight excluding hydrogens is 333 g/mol. The van der Waals surface area contributed by atoms with Gasteiger partial charge in [-0.3, -0.25) is 9.59 Å². The molecule has 0 aliphatic rings. The van der Waals surface area contributed by atoms with Gasteiger partial charge in [-0.1, -0.05) is 45.0 Å². The standard InChI is InChI=1S/C20H22FN3O2/c1-20(2,3)15-6-4-14(5-7-15)13-22-24-19(26)12-18(25)23-17-10-8-16(21)9-11-17/h4-11,13H,12H2,1-3H3,(H,23,25)(H,24,26). The number of nitrogens with zero attached hydrogens (tertiary/aromatic N) is 1. The minimum atomic E-state index is -0.535. The monoisotopic (exact) mass is 355 g/mol. The number of carbonyl (C=O) groups is 2. The largest absolute Gasteiger partial charge is 0.326 e. The maximum atomic E-state index is 12.8. The van der Waals surface area contributed by atoms with Crippen LogP contribution >= 0.6 is 0 Å². The Kier molecular flexibility index (Phi) is 6.22. The first-order valence-corrected chi connectivity index (χ1v) is 8.22. The molecule has 136 valence electrons. The van der Waals surface area contributed by atoms with Crippen molar-refractivity contribution in [3.05, 3.63) is 65.5 Å². The Morgan fingerprint density at radius 1 is 1.00 bits per heavy atom. The predicted octanol–water partition coefficient (Wildman–Crippen LogP) is 3.60. The van der Waals surface area contributed by atoms with Crippen molar-refractivity contribution in [1.29, 1.82) is 0 Å². The molecule has 0 heterocycles. The van der Waals surface area contributed by atoms with Gasteiger partial charge >= 0.3 is 0 Å². The summed E-state index contributed by atoms with van der Waals surface area (Å²) in [5.41, 5.74) is 4.85. The number of anilines is 1. The lowest BCUT2D eigenvalue weighted by atomic mass is 9.87. The summed E-state index contributed by atoms with van der Waals surface area (Å²) in [6.45, 7) is 6.40. The number of benzene rings is 2. The first kappa shape index (κ1) is 19.3. The van der Waals surface area contributed by atoms with Crippen molar-refractivity contribution in [2.24, 2.45) is 5.10 Å². The number of carbonyl (C=O) groups excluding carboxylic acids is 2. The normalized spacial score (nSPS) is 11.4. The van der Waals surface area contributed by atoms with Crippen molar-refractivity contribution >= 4 is 23.7 Å². The highest BCUT2D eigenvalue weighted by molar-refractivity contribution is 6.03. The van der Waals surface area contributed by atoms with E-state index in [-0.39, 0.29) is 11.8 Å². The maximum absolute atomic E-state index is 12.8. The Labute approximate surface area is 152 Å². The average Bonchev–Trinajstić information content (AvgIpc) is 2.56. The molecule has 0 bridgehead atoms. The van der Waals surface area contributed by atoms with Gasteiger partial charge < -0.3 is 5.32 Å². The van der Waals surface area contributed by atoms with E-state index in [1.54, 1.807) is 0 Å². The van der Waals surface area contributed by atoms with Crippen molar-refractivity contribution in [3.8, 4) is 0 Å². The highest BCUT2D eigenvalue weighted by Crippen LogP contribution is 2.21. The quantitative estimate of drug-likeness (QED) is 0.489. The number of rotatable bonds is 5. The van der Waals surface area contributed by atoms with Gasteiger partial charge in [0.1, 0.15) is 12.2 Å². The summed E-state index contributed by atoms with van der Waals surface area (Å²) in [7, 11) is 0. The number of hydrogen-bond donors (Lipinski definition) is 2. The van der Waals surface area contributed by atoms with Gasteiger partial charge in [0.25, 0.3) is 0 Å². The zero-order valence-electron chi connectivity index (χ0n) is 15.0. The van der Waals surface area contributed by atoms with Crippen LogP contribution in [0.1, 0.15) is 38.3 Å². The fourth-order valence-electron chi connectivity index (χ4n) is 2.17. The van der Waals surface area contributed by atoms with E-state index in [4.69, 9.17) is 0 Å². The molecule has 0 unspecified atom stereocenters. The summed E-state index contributed by atoms with van der Waals surface area (Å²) in [4.78, 5) is 23.5. The van der Waals surface area contributed by atoms with Crippen molar-refractivity contribution in [3.63, 3.8) is 0 Å². The molecule has 0 aromatic heterocycles. The van der Waals surface area contributed by atoms with Gasteiger partial charge in [0.15, 0.2) is 0 Å². The third-order valence-corrected chi connectivity index (χ3v) is 3.63.